The Morgan fingerprint density at radius 2 is 1.78 bits per heavy atom. The van der Waals surface area contributed by atoms with E-state index in [0.717, 1.165) is 33.9 Å². The van der Waals surface area contributed by atoms with Gasteiger partial charge in [0, 0.05) is 5.69 Å². The molecule has 1 aromatic carbocycles. The Labute approximate surface area is 158 Å². The normalized spacial score (nSPS) is 10.8. The topological polar surface area (TPSA) is 76.5 Å². The van der Waals surface area contributed by atoms with Crippen molar-refractivity contribution < 1.29 is 0 Å². The van der Waals surface area contributed by atoms with Gasteiger partial charge in [-0.05, 0) is 56.0 Å². The van der Waals surface area contributed by atoms with Gasteiger partial charge in [0.2, 0.25) is 0 Å². The van der Waals surface area contributed by atoms with Crippen molar-refractivity contribution in [2.75, 3.05) is 0 Å². The van der Waals surface area contributed by atoms with Crippen LogP contribution in [0.5, 0.6) is 0 Å². The highest BCUT2D eigenvalue weighted by molar-refractivity contribution is 5.39. The number of aromatic nitrogens is 4. The molecule has 0 atom stereocenters. The standard InChI is InChI=1S/C21H23N5O/c1-5-18-19(12-22)21(27)25(24-20(18)6-2)13-16-7-9-17(10-8-16)26-15(4)11-14(3)23-26/h7-11H,5-6,13H2,1-4H3. The van der Waals surface area contributed by atoms with Crippen LogP contribution in [0, 0.1) is 25.2 Å². The smallest absolute Gasteiger partial charge is 0.266 e. The van der Waals surface area contributed by atoms with E-state index in [2.05, 4.69) is 16.3 Å². The molecule has 2 heterocycles. The van der Waals surface area contributed by atoms with Gasteiger partial charge in [0.05, 0.1) is 23.6 Å². The van der Waals surface area contributed by atoms with E-state index in [0.29, 0.717) is 19.4 Å². The van der Waals surface area contributed by atoms with Crippen molar-refractivity contribution in [3.63, 3.8) is 0 Å². The van der Waals surface area contributed by atoms with E-state index in [-0.39, 0.29) is 11.1 Å². The number of nitrogens with zero attached hydrogens (tertiary/aromatic N) is 5. The lowest BCUT2D eigenvalue weighted by molar-refractivity contribution is 0.611. The quantitative estimate of drug-likeness (QED) is 0.700. The monoisotopic (exact) mass is 361 g/mol. The number of hydrogen-bond donors (Lipinski definition) is 0. The second-order valence-corrected chi connectivity index (χ2v) is 6.59. The van der Waals surface area contributed by atoms with Crippen molar-refractivity contribution in [1.82, 2.24) is 19.6 Å². The summed E-state index contributed by atoms with van der Waals surface area (Å²) in [5, 5.41) is 18.4. The van der Waals surface area contributed by atoms with Gasteiger partial charge in [-0.15, -0.1) is 0 Å². The van der Waals surface area contributed by atoms with Gasteiger partial charge < -0.3 is 0 Å². The van der Waals surface area contributed by atoms with Crippen LogP contribution >= 0.6 is 0 Å². The molecule has 3 rings (SSSR count). The van der Waals surface area contributed by atoms with Gasteiger partial charge in [0.25, 0.3) is 5.56 Å². The molecular formula is C21H23N5O. The average molecular weight is 361 g/mol. The number of rotatable bonds is 5. The third kappa shape index (κ3) is 3.54. The van der Waals surface area contributed by atoms with E-state index in [1.54, 1.807) is 0 Å². The van der Waals surface area contributed by atoms with E-state index in [1.807, 2.05) is 62.7 Å². The number of aryl methyl sites for hydroxylation is 3. The first-order chi connectivity index (χ1) is 13.0. The van der Waals surface area contributed by atoms with Crippen molar-refractivity contribution in [3.05, 3.63) is 74.5 Å². The zero-order valence-electron chi connectivity index (χ0n) is 16.2. The van der Waals surface area contributed by atoms with Crippen molar-refractivity contribution >= 4 is 0 Å². The Bertz CT molecular complexity index is 1070. The first-order valence-electron chi connectivity index (χ1n) is 9.14. The zero-order valence-corrected chi connectivity index (χ0v) is 16.2. The van der Waals surface area contributed by atoms with E-state index in [9.17, 15) is 10.1 Å². The Balaban J connectivity index is 1.95. The molecule has 0 bridgehead atoms. The molecule has 0 radical (unpaired) electrons. The van der Waals surface area contributed by atoms with Gasteiger partial charge in [0.15, 0.2) is 0 Å². The second-order valence-electron chi connectivity index (χ2n) is 6.59. The Morgan fingerprint density at radius 3 is 2.30 bits per heavy atom. The molecule has 138 valence electrons. The van der Waals surface area contributed by atoms with Gasteiger partial charge >= 0.3 is 0 Å². The SMILES string of the molecule is CCc1nn(Cc2ccc(-n3nc(C)cc3C)cc2)c(=O)c(C#N)c1CC. The molecule has 6 heteroatoms. The molecular weight excluding hydrogens is 338 g/mol. The van der Waals surface area contributed by atoms with Crippen molar-refractivity contribution in [2.24, 2.45) is 0 Å². The molecule has 0 aliphatic carbocycles. The Kier molecular flexibility index (Phi) is 5.22. The molecule has 2 aromatic heterocycles. The average Bonchev–Trinajstić information content (AvgIpc) is 3.01. The van der Waals surface area contributed by atoms with Gasteiger partial charge in [-0.1, -0.05) is 26.0 Å². The summed E-state index contributed by atoms with van der Waals surface area (Å²) in [6.45, 7) is 8.25. The Hall–Kier alpha value is -3.20. The molecule has 0 saturated carbocycles. The minimum absolute atomic E-state index is 0.212. The highest BCUT2D eigenvalue weighted by atomic mass is 16.1. The fraction of sp³-hybridized carbons (Fsp3) is 0.333. The molecule has 0 saturated heterocycles. The summed E-state index contributed by atoms with van der Waals surface area (Å²) < 4.78 is 3.29. The van der Waals surface area contributed by atoms with E-state index < -0.39 is 0 Å². The van der Waals surface area contributed by atoms with Crippen LogP contribution in [0.3, 0.4) is 0 Å². The summed E-state index contributed by atoms with van der Waals surface area (Å²) in [5.41, 5.74) is 5.42. The summed E-state index contributed by atoms with van der Waals surface area (Å²) in [6.07, 6.45) is 1.32. The minimum atomic E-state index is -0.325. The molecule has 6 nitrogen and oxygen atoms in total. The van der Waals surface area contributed by atoms with Crippen molar-refractivity contribution in [1.29, 1.82) is 5.26 Å². The fourth-order valence-corrected chi connectivity index (χ4v) is 3.35. The van der Waals surface area contributed by atoms with Crippen LogP contribution < -0.4 is 5.56 Å². The first-order valence-corrected chi connectivity index (χ1v) is 9.14. The summed E-state index contributed by atoms with van der Waals surface area (Å²) in [7, 11) is 0. The van der Waals surface area contributed by atoms with Crippen LogP contribution in [0.25, 0.3) is 5.69 Å². The van der Waals surface area contributed by atoms with E-state index >= 15 is 0 Å². The fourth-order valence-electron chi connectivity index (χ4n) is 3.35. The predicted molar refractivity (Wildman–Crippen MR) is 104 cm³/mol. The lowest BCUT2D eigenvalue weighted by atomic mass is 10.0. The molecule has 0 aliphatic rings. The van der Waals surface area contributed by atoms with Crippen LogP contribution in [-0.2, 0) is 19.4 Å². The molecule has 0 aliphatic heterocycles. The predicted octanol–water partition coefficient (Wildman–Crippen LogP) is 3.09. The lowest BCUT2D eigenvalue weighted by Gasteiger charge is -2.12. The maximum absolute atomic E-state index is 12.7. The van der Waals surface area contributed by atoms with E-state index in [4.69, 9.17) is 0 Å². The molecule has 0 spiro atoms. The van der Waals surface area contributed by atoms with E-state index in [1.165, 1.54) is 4.68 Å². The molecule has 0 amide bonds. The Morgan fingerprint density at radius 1 is 1.07 bits per heavy atom. The lowest BCUT2D eigenvalue weighted by Crippen LogP contribution is -2.29. The van der Waals surface area contributed by atoms with Crippen molar-refractivity contribution in [2.45, 2.75) is 47.1 Å². The van der Waals surface area contributed by atoms with Crippen LogP contribution in [0.2, 0.25) is 0 Å². The number of nitriles is 1. The molecule has 0 N–H and O–H groups in total. The third-order valence-electron chi connectivity index (χ3n) is 4.66. The van der Waals surface area contributed by atoms with Crippen LogP contribution in [0.15, 0.2) is 35.1 Å². The zero-order chi connectivity index (χ0) is 19.6. The van der Waals surface area contributed by atoms with Gasteiger partial charge in [0.1, 0.15) is 11.6 Å². The third-order valence-corrected chi connectivity index (χ3v) is 4.66. The number of hydrogen-bond acceptors (Lipinski definition) is 4. The molecule has 0 fully saturated rings. The molecule has 3 aromatic rings. The molecule has 27 heavy (non-hydrogen) atoms. The highest BCUT2D eigenvalue weighted by Crippen LogP contribution is 2.14. The summed E-state index contributed by atoms with van der Waals surface area (Å²) in [4.78, 5) is 12.7. The number of benzene rings is 1. The first kappa shape index (κ1) is 18.6. The molecule has 0 unspecified atom stereocenters. The summed E-state index contributed by atoms with van der Waals surface area (Å²) in [5.74, 6) is 0. The maximum Gasteiger partial charge on any atom is 0.285 e. The largest absolute Gasteiger partial charge is 0.285 e. The highest BCUT2D eigenvalue weighted by Gasteiger charge is 2.15. The van der Waals surface area contributed by atoms with Crippen LogP contribution in [0.4, 0.5) is 0 Å². The second kappa shape index (κ2) is 7.58. The van der Waals surface area contributed by atoms with Gasteiger partial charge in [-0.2, -0.15) is 15.5 Å². The summed E-state index contributed by atoms with van der Waals surface area (Å²) in [6, 6.07) is 12.0. The summed E-state index contributed by atoms with van der Waals surface area (Å²) >= 11 is 0. The minimum Gasteiger partial charge on any atom is -0.266 e. The van der Waals surface area contributed by atoms with Crippen LogP contribution in [-0.4, -0.2) is 19.6 Å². The van der Waals surface area contributed by atoms with Gasteiger partial charge in [-0.25, -0.2) is 9.36 Å². The maximum atomic E-state index is 12.7. The van der Waals surface area contributed by atoms with Crippen LogP contribution in [0.1, 0.15) is 47.6 Å². The van der Waals surface area contributed by atoms with Gasteiger partial charge in [-0.3, -0.25) is 4.79 Å². The van der Waals surface area contributed by atoms with Crippen molar-refractivity contribution in [3.8, 4) is 11.8 Å².